The number of carbonyl (C=O) groups excluding carboxylic acids is 1. The third-order valence-corrected chi connectivity index (χ3v) is 5.44. The number of carbonyl (C=O) groups is 1. The normalized spacial score (nSPS) is 9.53. The van der Waals surface area contributed by atoms with E-state index in [2.05, 4.69) is 79.1 Å². The van der Waals surface area contributed by atoms with Gasteiger partial charge in [0.15, 0.2) is 0 Å². The van der Waals surface area contributed by atoms with E-state index in [1.807, 2.05) is 12.1 Å². The van der Waals surface area contributed by atoms with Crippen molar-refractivity contribution in [3.05, 3.63) is 28.4 Å². The van der Waals surface area contributed by atoms with Gasteiger partial charge in [0.2, 0.25) is 0 Å². The highest BCUT2D eigenvalue weighted by Crippen LogP contribution is 2.23. The van der Waals surface area contributed by atoms with Crippen molar-refractivity contribution in [2.75, 3.05) is 13.2 Å². The van der Waals surface area contributed by atoms with Gasteiger partial charge in [-0.05, 0) is 79.9 Å². The Labute approximate surface area is 141 Å². The lowest BCUT2D eigenvalue weighted by molar-refractivity contribution is 0.0511. The van der Waals surface area contributed by atoms with Crippen molar-refractivity contribution in [1.29, 1.82) is 0 Å². The summed E-state index contributed by atoms with van der Waals surface area (Å²) >= 11 is 6.52. The Balaban J connectivity index is 2.73. The van der Waals surface area contributed by atoms with Crippen LogP contribution in [-0.4, -0.2) is 19.1 Å². The molecule has 0 atom stereocenters. The Morgan fingerprint density at radius 2 is 2.12 bits per heavy atom. The molecule has 0 spiro atoms. The minimum Gasteiger partial charge on any atom is -0.460 e. The molecule has 17 heavy (non-hydrogen) atoms. The molecule has 0 aromatic heterocycles. The molecule has 0 fully saturated rings. The first-order valence-electron chi connectivity index (χ1n) is 4.56. The molecule has 0 radical (unpaired) electrons. The van der Waals surface area contributed by atoms with E-state index in [1.165, 1.54) is 0 Å². The van der Waals surface area contributed by atoms with Gasteiger partial charge in [-0.25, -0.2) is 4.79 Å². The molecule has 0 aliphatic rings. The minimum absolute atomic E-state index is 0.265. The van der Waals surface area contributed by atoms with Crippen molar-refractivity contribution in [3.8, 4) is 12.5 Å². The number of ether oxygens (including phenoxy) is 1. The molecule has 3 nitrogen and oxygen atoms in total. The van der Waals surface area contributed by atoms with Crippen LogP contribution in [0.2, 0.25) is 0 Å². The lowest BCUT2D eigenvalue weighted by Gasteiger charge is -2.08. The van der Waals surface area contributed by atoms with E-state index >= 15 is 0 Å². The highest BCUT2D eigenvalue weighted by atomic mass is 127. The molecule has 0 unspecified atom stereocenters. The maximum Gasteiger partial charge on any atom is 0.339 e. The summed E-state index contributed by atoms with van der Waals surface area (Å²) in [5.41, 5.74) is 0.600. The van der Waals surface area contributed by atoms with E-state index in [9.17, 15) is 4.79 Å². The number of esters is 1. The summed E-state index contributed by atoms with van der Waals surface area (Å²) in [4.78, 5) is 11.8. The maximum absolute atomic E-state index is 11.8. The summed E-state index contributed by atoms with van der Waals surface area (Å²) in [6.07, 6.45) is 5.02. The fraction of sp³-hybridized carbons (Fsp3) is 0.182. The lowest BCUT2D eigenvalue weighted by atomic mass is 10.2. The molecule has 0 bridgehead atoms. The molecule has 1 rings (SSSR count). The van der Waals surface area contributed by atoms with Crippen molar-refractivity contribution >= 4 is 73.7 Å². The Bertz CT molecular complexity index is 469. The second-order valence-electron chi connectivity index (χ2n) is 2.96. The number of nitrogens with one attached hydrogen (secondary N) is 1. The third kappa shape index (κ3) is 4.78. The summed E-state index contributed by atoms with van der Waals surface area (Å²) in [5.74, 6) is -0.315. The molecule has 0 saturated heterocycles. The van der Waals surface area contributed by atoms with Crippen LogP contribution in [0, 0.1) is 23.2 Å². The van der Waals surface area contributed by atoms with Crippen LogP contribution in [0.15, 0.2) is 12.1 Å². The fourth-order valence-electron chi connectivity index (χ4n) is 1.05. The summed E-state index contributed by atoms with van der Waals surface area (Å²) in [6, 6.07) is 6.10. The number of hydrogen-bond acceptors (Lipinski definition) is 3. The molecule has 0 saturated carbocycles. The molecule has 1 aromatic rings. The Hall–Kier alpha value is 0.240. The first kappa shape index (κ1) is 15.3. The largest absolute Gasteiger partial charge is 0.460 e. The van der Waals surface area contributed by atoms with Gasteiger partial charge in [0, 0.05) is 16.8 Å². The van der Waals surface area contributed by atoms with Gasteiger partial charge < -0.3 is 10.1 Å². The van der Waals surface area contributed by atoms with E-state index in [-0.39, 0.29) is 12.6 Å². The number of terminal acetylenes is 1. The quantitative estimate of drug-likeness (QED) is 0.152. The second kappa shape index (κ2) is 7.63. The van der Waals surface area contributed by atoms with Crippen LogP contribution >= 0.6 is 67.8 Å². The van der Waals surface area contributed by atoms with Crippen LogP contribution in [0.4, 0.5) is 0 Å². The second-order valence-corrected chi connectivity index (χ2v) is 6.44. The molecule has 6 heteroatoms. The molecular weight excluding hydrogens is 559 g/mol. The Kier molecular flexibility index (Phi) is 6.86. The Morgan fingerprint density at radius 3 is 2.76 bits per heavy atom. The molecule has 1 N–H and O–H groups in total. The number of benzene rings is 1. The van der Waals surface area contributed by atoms with Crippen LogP contribution in [0.5, 0.6) is 0 Å². The highest BCUT2D eigenvalue weighted by molar-refractivity contribution is 14.1. The molecule has 0 aliphatic heterocycles. The molecule has 1 aromatic carbocycles. The molecule has 90 valence electrons. The summed E-state index contributed by atoms with van der Waals surface area (Å²) < 4.78 is 8.09. The van der Waals surface area contributed by atoms with Crippen LogP contribution in [0.1, 0.15) is 10.4 Å². The van der Waals surface area contributed by atoms with Gasteiger partial charge in [-0.3, -0.25) is 0 Å². The van der Waals surface area contributed by atoms with E-state index in [1.54, 1.807) is 0 Å². The van der Waals surface area contributed by atoms with Crippen LogP contribution in [0.25, 0.3) is 0 Å². The number of rotatable bonds is 4. The first-order valence-corrected chi connectivity index (χ1v) is 7.80. The average Bonchev–Trinajstić information content (AvgIpc) is 2.29. The third-order valence-electron chi connectivity index (χ3n) is 1.78. The number of hydrogen-bond donors (Lipinski definition) is 1. The predicted octanol–water partition coefficient (Wildman–Crippen LogP) is 2.84. The highest BCUT2D eigenvalue weighted by Gasteiger charge is 2.14. The van der Waals surface area contributed by atoms with E-state index < -0.39 is 0 Å². The number of halogens is 3. The van der Waals surface area contributed by atoms with E-state index in [4.69, 9.17) is 11.2 Å². The van der Waals surface area contributed by atoms with Gasteiger partial charge in [-0.15, -0.1) is 0 Å². The zero-order valence-corrected chi connectivity index (χ0v) is 15.1. The summed E-state index contributed by atoms with van der Waals surface area (Å²) in [7, 11) is 0. The molecule has 0 amide bonds. The van der Waals surface area contributed by atoms with Gasteiger partial charge in [-0.1, -0.05) is 6.42 Å². The smallest absolute Gasteiger partial charge is 0.339 e. The van der Waals surface area contributed by atoms with Crippen molar-refractivity contribution in [2.24, 2.45) is 0 Å². The summed E-state index contributed by atoms with van der Waals surface area (Å²) in [5, 5.41) is 2.64. The van der Waals surface area contributed by atoms with Gasteiger partial charge in [0.05, 0.1) is 12.1 Å². The monoisotopic (exact) mass is 567 g/mol. The van der Waals surface area contributed by atoms with Crippen molar-refractivity contribution in [2.45, 2.75) is 0 Å². The van der Waals surface area contributed by atoms with E-state index in [0.717, 1.165) is 10.7 Å². The maximum atomic E-state index is 11.8. The molecule has 0 heterocycles. The van der Waals surface area contributed by atoms with Crippen molar-refractivity contribution < 1.29 is 9.53 Å². The minimum atomic E-state index is -0.315. The van der Waals surface area contributed by atoms with Crippen molar-refractivity contribution in [1.82, 2.24) is 5.32 Å². The van der Waals surface area contributed by atoms with E-state index in [0.29, 0.717) is 12.1 Å². The first-order chi connectivity index (χ1) is 8.06. The van der Waals surface area contributed by atoms with Gasteiger partial charge in [0.1, 0.15) is 6.61 Å². The molecule has 0 aliphatic carbocycles. The lowest BCUT2D eigenvalue weighted by Crippen LogP contribution is -2.18. The van der Waals surface area contributed by atoms with Gasteiger partial charge >= 0.3 is 5.97 Å². The Morgan fingerprint density at radius 1 is 1.41 bits per heavy atom. The van der Waals surface area contributed by atoms with Gasteiger partial charge in [-0.2, -0.15) is 0 Å². The zero-order valence-electron chi connectivity index (χ0n) is 8.60. The summed E-state index contributed by atoms with van der Waals surface area (Å²) in [6.45, 7) is 0.723. The fourth-order valence-corrected chi connectivity index (χ4v) is 3.43. The van der Waals surface area contributed by atoms with Gasteiger partial charge in [0.25, 0.3) is 0 Å². The molecular formula is C11H8I3NO2. The average molecular weight is 567 g/mol. The SMILES string of the molecule is C#CNCCOC(=O)c1cc(I)cc(I)c1I. The van der Waals surface area contributed by atoms with Crippen molar-refractivity contribution in [3.63, 3.8) is 0 Å². The standard InChI is InChI=1S/C11H8I3NO2/c1-2-15-3-4-17-11(16)8-5-7(12)6-9(13)10(8)14/h1,5-6,15H,3-4H2. The topological polar surface area (TPSA) is 38.3 Å². The zero-order chi connectivity index (χ0) is 12.8. The van der Waals surface area contributed by atoms with Crippen LogP contribution < -0.4 is 5.32 Å². The van der Waals surface area contributed by atoms with Crippen LogP contribution in [-0.2, 0) is 4.74 Å². The van der Waals surface area contributed by atoms with Crippen LogP contribution in [0.3, 0.4) is 0 Å². The predicted molar refractivity (Wildman–Crippen MR) is 91.7 cm³/mol.